The fourth-order valence-electron chi connectivity index (χ4n) is 4.76. The second kappa shape index (κ2) is 8.46. The van der Waals surface area contributed by atoms with Crippen molar-refractivity contribution in [1.82, 2.24) is 23.4 Å². The molecule has 0 N–H and O–H groups in total. The van der Waals surface area contributed by atoms with Crippen molar-refractivity contribution < 1.29 is 9.59 Å². The molecule has 0 spiro atoms. The Morgan fingerprint density at radius 2 is 1.36 bits per heavy atom. The maximum Gasteiger partial charge on any atom is 0.333 e. The van der Waals surface area contributed by atoms with Gasteiger partial charge in [0.2, 0.25) is 0 Å². The highest BCUT2D eigenvalue weighted by Crippen LogP contribution is 2.22. The first-order valence-electron chi connectivity index (χ1n) is 11.6. The summed E-state index contributed by atoms with van der Waals surface area (Å²) >= 11 is 0. The molecule has 0 unspecified atom stereocenters. The third-order valence-electron chi connectivity index (χ3n) is 6.50. The van der Waals surface area contributed by atoms with E-state index >= 15 is 0 Å². The molecule has 2 amide bonds. The third-order valence-corrected chi connectivity index (χ3v) is 6.50. The molecule has 3 aromatic heterocycles. The molecule has 4 heterocycles. The molecule has 9 heteroatoms. The smallest absolute Gasteiger partial charge is 0.294 e. The Hall–Kier alpha value is -4.79. The van der Waals surface area contributed by atoms with E-state index in [1.54, 1.807) is 47.0 Å². The van der Waals surface area contributed by atoms with E-state index in [1.165, 1.54) is 14.0 Å². The van der Waals surface area contributed by atoms with Crippen LogP contribution in [-0.4, -0.2) is 41.8 Å². The SMILES string of the molecule is O=C1c2ccccc2C(=O)N1CCCn1c(=O)c2c(nc3ccccn32)n(Cc2ccccc2)c1=O. The topological polar surface area (TPSA) is 98.7 Å². The largest absolute Gasteiger partial charge is 0.333 e. The Morgan fingerprint density at radius 1 is 0.694 bits per heavy atom. The van der Waals surface area contributed by atoms with Crippen LogP contribution in [0.15, 0.2) is 88.6 Å². The summed E-state index contributed by atoms with van der Waals surface area (Å²) in [6, 6.07) is 21.6. The van der Waals surface area contributed by atoms with Gasteiger partial charge in [-0.1, -0.05) is 48.5 Å². The van der Waals surface area contributed by atoms with Crippen molar-refractivity contribution in [3.63, 3.8) is 0 Å². The van der Waals surface area contributed by atoms with Crippen LogP contribution < -0.4 is 11.2 Å². The van der Waals surface area contributed by atoms with Crippen LogP contribution in [0.4, 0.5) is 0 Å². The second-order valence-corrected chi connectivity index (χ2v) is 8.69. The van der Waals surface area contributed by atoms with Gasteiger partial charge in [-0.25, -0.2) is 9.78 Å². The van der Waals surface area contributed by atoms with Crippen LogP contribution in [-0.2, 0) is 13.1 Å². The molecule has 1 aliphatic rings. The minimum absolute atomic E-state index is 0.0515. The number of hydrogen-bond acceptors (Lipinski definition) is 5. The van der Waals surface area contributed by atoms with Crippen molar-refractivity contribution in [3.8, 4) is 0 Å². The van der Waals surface area contributed by atoms with E-state index in [9.17, 15) is 19.2 Å². The fourth-order valence-corrected chi connectivity index (χ4v) is 4.76. The number of imidazole rings is 1. The number of carbonyl (C=O) groups is 2. The number of fused-ring (bicyclic) bond motifs is 4. The van der Waals surface area contributed by atoms with Crippen molar-refractivity contribution in [2.45, 2.75) is 19.5 Å². The number of pyridine rings is 1. The first-order valence-corrected chi connectivity index (χ1v) is 11.6. The number of aromatic nitrogens is 4. The molecule has 0 aliphatic carbocycles. The maximum absolute atomic E-state index is 13.5. The van der Waals surface area contributed by atoms with E-state index in [2.05, 4.69) is 4.98 Å². The molecule has 2 aromatic carbocycles. The zero-order valence-corrected chi connectivity index (χ0v) is 19.2. The lowest BCUT2D eigenvalue weighted by molar-refractivity contribution is 0.0650. The fraction of sp³-hybridized carbons (Fsp3) is 0.148. The van der Waals surface area contributed by atoms with Crippen molar-refractivity contribution in [2.75, 3.05) is 6.54 Å². The van der Waals surface area contributed by atoms with Crippen molar-refractivity contribution >= 4 is 28.6 Å². The first-order chi connectivity index (χ1) is 17.5. The predicted octanol–water partition coefficient (Wildman–Crippen LogP) is 2.55. The van der Waals surface area contributed by atoms with Crippen LogP contribution in [0.5, 0.6) is 0 Å². The maximum atomic E-state index is 13.5. The molecule has 0 saturated heterocycles. The van der Waals surface area contributed by atoms with Gasteiger partial charge in [0, 0.05) is 19.3 Å². The molecule has 0 fully saturated rings. The average molecular weight is 479 g/mol. The normalized spacial score (nSPS) is 13.2. The van der Waals surface area contributed by atoms with Gasteiger partial charge in [-0.3, -0.25) is 32.8 Å². The van der Waals surface area contributed by atoms with Crippen LogP contribution in [0, 0.1) is 0 Å². The van der Waals surface area contributed by atoms with Gasteiger partial charge in [0.05, 0.1) is 17.7 Å². The van der Waals surface area contributed by atoms with E-state index in [0.717, 1.165) is 5.56 Å². The quantitative estimate of drug-likeness (QED) is 0.349. The summed E-state index contributed by atoms with van der Waals surface area (Å²) in [5, 5.41) is 0. The predicted molar refractivity (Wildman–Crippen MR) is 133 cm³/mol. The number of carbonyl (C=O) groups excluding carboxylic acids is 2. The number of nitrogens with zero attached hydrogens (tertiary/aromatic N) is 5. The van der Waals surface area contributed by atoms with Gasteiger partial charge in [0.25, 0.3) is 17.4 Å². The van der Waals surface area contributed by atoms with Gasteiger partial charge >= 0.3 is 5.69 Å². The minimum Gasteiger partial charge on any atom is -0.294 e. The summed E-state index contributed by atoms with van der Waals surface area (Å²) in [5.41, 5.74) is 1.89. The van der Waals surface area contributed by atoms with Gasteiger partial charge in [0.15, 0.2) is 11.2 Å². The molecule has 9 nitrogen and oxygen atoms in total. The Morgan fingerprint density at radius 3 is 2.08 bits per heavy atom. The Bertz CT molecular complexity index is 1750. The number of imide groups is 1. The first kappa shape index (κ1) is 21.7. The summed E-state index contributed by atoms with van der Waals surface area (Å²) in [6.07, 6.45) is 2.00. The molecule has 1 aliphatic heterocycles. The Labute approximate surface area is 204 Å². The summed E-state index contributed by atoms with van der Waals surface area (Å²) in [5.74, 6) is -0.719. The molecule has 0 saturated carbocycles. The zero-order valence-electron chi connectivity index (χ0n) is 19.2. The van der Waals surface area contributed by atoms with E-state index in [1.807, 2.05) is 36.4 Å². The van der Waals surface area contributed by atoms with Gasteiger partial charge < -0.3 is 0 Å². The molecule has 6 rings (SSSR count). The van der Waals surface area contributed by atoms with E-state index < -0.39 is 11.2 Å². The van der Waals surface area contributed by atoms with Gasteiger partial charge in [-0.15, -0.1) is 0 Å². The van der Waals surface area contributed by atoms with E-state index in [4.69, 9.17) is 0 Å². The van der Waals surface area contributed by atoms with Crippen LogP contribution in [0.1, 0.15) is 32.7 Å². The number of rotatable bonds is 6. The zero-order chi connectivity index (χ0) is 24.8. The van der Waals surface area contributed by atoms with E-state index in [0.29, 0.717) is 27.9 Å². The van der Waals surface area contributed by atoms with E-state index in [-0.39, 0.29) is 37.9 Å². The molecule has 36 heavy (non-hydrogen) atoms. The average Bonchev–Trinajstić information content (AvgIpc) is 3.40. The summed E-state index contributed by atoms with van der Waals surface area (Å²) < 4.78 is 4.35. The van der Waals surface area contributed by atoms with Crippen molar-refractivity contribution in [3.05, 3.63) is 117 Å². The van der Waals surface area contributed by atoms with Gasteiger partial charge in [0.1, 0.15) is 5.65 Å². The number of benzene rings is 2. The van der Waals surface area contributed by atoms with Crippen LogP contribution in [0.25, 0.3) is 16.8 Å². The molecule has 0 atom stereocenters. The Balaban J connectivity index is 1.38. The standard InChI is InChI=1S/C27H21N5O4/c33-24-19-11-4-5-12-20(19)25(34)30(24)15-8-16-31-26(35)22-23(28-21-13-6-7-14-29(21)22)32(27(31)36)17-18-9-2-1-3-10-18/h1-7,9-14H,8,15-17H2. The summed E-state index contributed by atoms with van der Waals surface area (Å²) in [6.45, 7) is 0.400. The van der Waals surface area contributed by atoms with Crippen LogP contribution in [0.3, 0.4) is 0 Å². The van der Waals surface area contributed by atoms with Gasteiger partial charge in [-0.05, 0) is 36.2 Å². The highest BCUT2D eigenvalue weighted by atomic mass is 16.2. The lowest BCUT2D eigenvalue weighted by atomic mass is 10.1. The second-order valence-electron chi connectivity index (χ2n) is 8.69. The lowest BCUT2D eigenvalue weighted by Gasteiger charge is -2.15. The van der Waals surface area contributed by atoms with Gasteiger partial charge in [-0.2, -0.15) is 0 Å². The highest BCUT2D eigenvalue weighted by molar-refractivity contribution is 6.21. The van der Waals surface area contributed by atoms with Crippen LogP contribution >= 0.6 is 0 Å². The molecule has 178 valence electrons. The molecule has 0 bridgehead atoms. The molecule has 0 radical (unpaired) electrons. The van der Waals surface area contributed by atoms with Crippen molar-refractivity contribution in [2.24, 2.45) is 0 Å². The minimum atomic E-state index is -0.484. The molecular formula is C27H21N5O4. The van der Waals surface area contributed by atoms with Crippen LogP contribution in [0.2, 0.25) is 0 Å². The monoisotopic (exact) mass is 479 g/mol. The molecule has 5 aromatic rings. The van der Waals surface area contributed by atoms with Crippen molar-refractivity contribution in [1.29, 1.82) is 0 Å². The summed E-state index contributed by atoms with van der Waals surface area (Å²) in [4.78, 5) is 58.2. The summed E-state index contributed by atoms with van der Waals surface area (Å²) in [7, 11) is 0. The third kappa shape index (κ3) is 3.36. The Kier molecular flexibility index (Phi) is 5.10. The lowest BCUT2D eigenvalue weighted by Crippen LogP contribution is -2.41. The highest BCUT2D eigenvalue weighted by Gasteiger charge is 2.34. The number of hydrogen-bond donors (Lipinski definition) is 0. The molecular weight excluding hydrogens is 458 g/mol. The number of amides is 2.